The molecule has 0 aromatic rings. The average Bonchev–Trinajstić information content (AvgIpc) is 3.20. The lowest BCUT2D eigenvalue weighted by Gasteiger charge is -2.19. The van der Waals surface area contributed by atoms with Crippen LogP contribution in [-0.2, 0) is 32.7 Å². The van der Waals surface area contributed by atoms with Crippen LogP contribution >= 0.6 is 7.82 Å². The van der Waals surface area contributed by atoms with E-state index >= 15 is 0 Å². The van der Waals surface area contributed by atoms with E-state index in [-0.39, 0.29) is 38.6 Å². The highest BCUT2D eigenvalue weighted by atomic mass is 31.2. The van der Waals surface area contributed by atoms with Crippen molar-refractivity contribution in [3.8, 4) is 0 Å². The largest absolute Gasteiger partial charge is 0.472 e. The number of carbonyl (C=O) groups excluding carboxylic acids is 2. The third-order valence-electron chi connectivity index (χ3n) is 10.00. The summed E-state index contributed by atoms with van der Waals surface area (Å²) in [4.78, 5) is 35.0. The van der Waals surface area contributed by atoms with E-state index < -0.39 is 26.5 Å². The Morgan fingerprint density at radius 1 is 0.526 bits per heavy atom. The van der Waals surface area contributed by atoms with E-state index in [2.05, 4.69) is 50.3 Å². The Hall–Kier alpha value is -1.77. The molecule has 0 heterocycles. The van der Waals surface area contributed by atoms with Crippen LogP contribution in [0.5, 0.6) is 0 Å². The van der Waals surface area contributed by atoms with Crippen LogP contribution < -0.4 is 5.73 Å². The lowest BCUT2D eigenvalue weighted by molar-refractivity contribution is -0.161. The van der Waals surface area contributed by atoms with Crippen molar-refractivity contribution in [1.82, 2.24) is 0 Å². The van der Waals surface area contributed by atoms with Gasteiger partial charge in [0.05, 0.1) is 13.2 Å². The lowest BCUT2D eigenvalue weighted by atomic mass is 10.1. The highest BCUT2D eigenvalue weighted by molar-refractivity contribution is 7.47. The van der Waals surface area contributed by atoms with E-state index in [1.54, 1.807) is 0 Å². The third kappa shape index (κ3) is 43.6. The van der Waals surface area contributed by atoms with Crippen molar-refractivity contribution in [3.05, 3.63) is 36.5 Å². The van der Waals surface area contributed by atoms with Crippen LogP contribution in [0.25, 0.3) is 0 Å². The molecule has 0 rings (SSSR count). The topological polar surface area (TPSA) is 134 Å². The number of ether oxygens (including phenoxy) is 2. The van der Waals surface area contributed by atoms with E-state index in [9.17, 15) is 19.0 Å². The van der Waals surface area contributed by atoms with Crippen molar-refractivity contribution >= 4 is 19.8 Å². The Labute approximate surface area is 350 Å². The second kappa shape index (κ2) is 43.8. The number of esters is 2. The molecule has 0 saturated heterocycles. The molecule has 0 aliphatic rings. The number of phosphoric acid groups is 1. The number of carbonyl (C=O) groups is 2. The average molecular weight is 826 g/mol. The maximum absolute atomic E-state index is 12.6. The van der Waals surface area contributed by atoms with Crippen LogP contribution in [0.15, 0.2) is 36.5 Å². The van der Waals surface area contributed by atoms with Gasteiger partial charge in [-0.25, -0.2) is 4.57 Å². The van der Waals surface area contributed by atoms with Crippen LogP contribution in [-0.4, -0.2) is 49.3 Å². The van der Waals surface area contributed by atoms with Gasteiger partial charge < -0.3 is 20.1 Å². The molecule has 0 amide bonds. The van der Waals surface area contributed by atoms with E-state index in [0.717, 1.165) is 51.4 Å². The predicted octanol–water partition coefficient (Wildman–Crippen LogP) is 13.7. The summed E-state index contributed by atoms with van der Waals surface area (Å²) in [6.07, 6.45) is 48.8. The van der Waals surface area contributed by atoms with Gasteiger partial charge in [0.1, 0.15) is 6.61 Å². The summed E-state index contributed by atoms with van der Waals surface area (Å²) in [5, 5.41) is 0. The summed E-state index contributed by atoms with van der Waals surface area (Å²) in [5.74, 6) is -0.833. The van der Waals surface area contributed by atoms with Gasteiger partial charge in [-0.05, 0) is 70.6 Å². The van der Waals surface area contributed by atoms with Crippen molar-refractivity contribution < 1.29 is 37.6 Å². The predicted molar refractivity (Wildman–Crippen MR) is 238 cm³/mol. The SMILES string of the molecule is CCCCCC=CCC=CCCCCCCCCCCCC(=O)OCC(COP(=O)(O)OCCN)OC(=O)CCCCCCCCCC=CCCCCCCCC. The van der Waals surface area contributed by atoms with Gasteiger partial charge in [-0.1, -0.05) is 172 Å². The first kappa shape index (κ1) is 55.2. The van der Waals surface area contributed by atoms with Crippen LogP contribution in [0.1, 0.15) is 219 Å². The molecule has 0 bridgehead atoms. The second-order valence-electron chi connectivity index (χ2n) is 15.6. The highest BCUT2D eigenvalue weighted by Gasteiger charge is 2.26. The van der Waals surface area contributed by atoms with Gasteiger partial charge in [0, 0.05) is 19.4 Å². The molecule has 2 unspecified atom stereocenters. The Morgan fingerprint density at radius 2 is 0.912 bits per heavy atom. The molecule has 57 heavy (non-hydrogen) atoms. The minimum Gasteiger partial charge on any atom is -0.462 e. The number of hydrogen-bond acceptors (Lipinski definition) is 8. The maximum atomic E-state index is 12.6. The second-order valence-corrected chi connectivity index (χ2v) is 17.1. The molecule has 0 aliphatic heterocycles. The number of nitrogens with two attached hydrogens (primary N) is 1. The van der Waals surface area contributed by atoms with Crippen molar-refractivity contribution in [2.45, 2.75) is 225 Å². The molecule has 3 N–H and O–H groups in total. The molecular weight excluding hydrogens is 737 g/mol. The van der Waals surface area contributed by atoms with Crippen molar-refractivity contribution in [2.24, 2.45) is 5.73 Å². The fraction of sp³-hybridized carbons (Fsp3) is 0.830. The Kier molecular flexibility index (Phi) is 42.4. The van der Waals surface area contributed by atoms with Crippen molar-refractivity contribution in [3.63, 3.8) is 0 Å². The highest BCUT2D eigenvalue weighted by Crippen LogP contribution is 2.43. The smallest absolute Gasteiger partial charge is 0.462 e. The van der Waals surface area contributed by atoms with E-state index in [1.165, 1.54) is 135 Å². The molecular formula is C47H88NO8P. The monoisotopic (exact) mass is 826 g/mol. The zero-order valence-electron chi connectivity index (χ0n) is 36.8. The minimum atomic E-state index is -4.38. The summed E-state index contributed by atoms with van der Waals surface area (Å²) in [7, 11) is -4.38. The van der Waals surface area contributed by atoms with Gasteiger partial charge in [0.25, 0.3) is 0 Å². The number of hydrogen-bond donors (Lipinski definition) is 2. The summed E-state index contributed by atoms with van der Waals surface area (Å²) < 4.78 is 32.8. The molecule has 0 fully saturated rings. The Bertz CT molecular complexity index is 1030. The fourth-order valence-corrected chi connectivity index (χ4v) is 7.25. The molecule has 334 valence electrons. The van der Waals surface area contributed by atoms with E-state index in [1.807, 2.05) is 0 Å². The number of unbranched alkanes of at least 4 members (excludes halogenated alkanes) is 25. The summed E-state index contributed by atoms with van der Waals surface area (Å²) in [5.41, 5.74) is 5.36. The number of allylic oxidation sites excluding steroid dienone is 6. The standard InChI is InChI=1S/C47H88NO8P/c1-3-5-7-9-11-13-15-17-19-21-22-24-25-27-29-31-33-35-37-39-46(49)53-43-45(44-55-57(51,52)54-42-41-48)56-47(50)40-38-36-34-32-30-28-26-23-20-18-16-14-12-10-8-6-4-2/h11,13,17-20,45H,3-10,12,14-16,21-44,48H2,1-2H3,(H,51,52). The quantitative estimate of drug-likeness (QED) is 0.0266. The molecule has 0 saturated carbocycles. The van der Waals surface area contributed by atoms with Gasteiger partial charge in [-0.2, -0.15) is 0 Å². The van der Waals surface area contributed by atoms with Gasteiger partial charge in [-0.15, -0.1) is 0 Å². The van der Waals surface area contributed by atoms with Crippen molar-refractivity contribution in [1.29, 1.82) is 0 Å². The molecule has 0 aromatic carbocycles. The first-order chi connectivity index (χ1) is 27.8. The molecule has 0 radical (unpaired) electrons. The zero-order chi connectivity index (χ0) is 41.8. The lowest BCUT2D eigenvalue weighted by Crippen LogP contribution is -2.29. The summed E-state index contributed by atoms with van der Waals surface area (Å²) >= 11 is 0. The molecule has 10 heteroatoms. The summed E-state index contributed by atoms with van der Waals surface area (Å²) in [6.45, 7) is 3.71. The van der Waals surface area contributed by atoms with Gasteiger partial charge in [0.2, 0.25) is 0 Å². The zero-order valence-corrected chi connectivity index (χ0v) is 37.7. The van der Waals surface area contributed by atoms with Crippen LogP contribution in [0, 0.1) is 0 Å². The van der Waals surface area contributed by atoms with Crippen LogP contribution in [0.3, 0.4) is 0 Å². The molecule has 2 atom stereocenters. The molecule has 0 spiro atoms. The third-order valence-corrected chi connectivity index (χ3v) is 11.0. The molecule has 0 aliphatic carbocycles. The van der Waals surface area contributed by atoms with Crippen molar-refractivity contribution in [2.75, 3.05) is 26.4 Å². The van der Waals surface area contributed by atoms with E-state index in [4.69, 9.17) is 24.3 Å². The van der Waals surface area contributed by atoms with E-state index in [0.29, 0.717) is 6.42 Å². The molecule has 9 nitrogen and oxygen atoms in total. The van der Waals surface area contributed by atoms with Gasteiger partial charge in [0.15, 0.2) is 6.10 Å². The normalized spacial score (nSPS) is 13.5. The Morgan fingerprint density at radius 3 is 1.39 bits per heavy atom. The number of phosphoric ester groups is 1. The molecule has 0 aromatic heterocycles. The fourth-order valence-electron chi connectivity index (χ4n) is 6.48. The van der Waals surface area contributed by atoms with Crippen LogP contribution in [0.4, 0.5) is 0 Å². The van der Waals surface area contributed by atoms with Gasteiger partial charge in [-0.3, -0.25) is 18.6 Å². The minimum absolute atomic E-state index is 0.0522. The van der Waals surface area contributed by atoms with Crippen LogP contribution in [0.2, 0.25) is 0 Å². The summed E-state index contributed by atoms with van der Waals surface area (Å²) in [6, 6.07) is 0. The number of rotatable bonds is 44. The first-order valence-corrected chi connectivity index (χ1v) is 25.0. The maximum Gasteiger partial charge on any atom is 0.472 e. The first-order valence-electron chi connectivity index (χ1n) is 23.5. The van der Waals surface area contributed by atoms with Gasteiger partial charge >= 0.3 is 19.8 Å². The Balaban J connectivity index is 4.10.